The maximum Gasteiger partial charge on any atom is 0.271 e. The van der Waals surface area contributed by atoms with Crippen LogP contribution in [0.15, 0.2) is 94.5 Å². The summed E-state index contributed by atoms with van der Waals surface area (Å²) in [6.45, 7) is 2.83. The molecule has 4 aromatic carbocycles. The van der Waals surface area contributed by atoms with E-state index in [1.54, 1.807) is 12.3 Å². The van der Waals surface area contributed by atoms with Crippen molar-refractivity contribution in [1.82, 2.24) is 5.43 Å². The lowest BCUT2D eigenvalue weighted by molar-refractivity contribution is 0.0957. The van der Waals surface area contributed by atoms with E-state index in [0.717, 1.165) is 26.4 Å². The first-order valence-corrected chi connectivity index (χ1v) is 11.4. The lowest BCUT2D eigenvalue weighted by atomic mass is 10.0. The van der Waals surface area contributed by atoms with E-state index in [-0.39, 0.29) is 5.91 Å². The zero-order valence-corrected chi connectivity index (χ0v) is 19.7. The van der Waals surface area contributed by atoms with Gasteiger partial charge in [0.25, 0.3) is 5.91 Å². The SMILES string of the molecule is CCOc1cc(/C=N\NC(=O)c2cccc3ccccc23)cc(Br)c1OCc1ccccc1. The monoisotopic (exact) mass is 502 g/mol. The van der Waals surface area contributed by atoms with E-state index in [4.69, 9.17) is 9.47 Å². The van der Waals surface area contributed by atoms with Gasteiger partial charge >= 0.3 is 0 Å². The summed E-state index contributed by atoms with van der Waals surface area (Å²) < 4.78 is 12.5. The molecular formula is C27H23BrN2O3. The van der Waals surface area contributed by atoms with Crippen molar-refractivity contribution in [3.05, 3.63) is 106 Å². The Labute approximate surface area is 201 Å². The summed E-state index contributed by atoms with van der Waals surface area (Å²) in [6.07, 6.45) is 1.58. The number of carbonyl (C=O) groups excluding carboxylic acids is 1. The van der Waals surface area contributed by atoms with Gasteiger partial charge in [0.15, 0.2) is 11.5 Å². The van der Waals surface area contributed by atoms with Crippen molar-refractivity contribution >= 4 is 38.8 Å². The second kappa shape index (κ2) is 10.8. The number of fused-ring (bicyclic) bond motifs is 1. The smallest absolute Gasteiger partial charge is 0.271 e. The van der Waals surface area contributed by atoms with E-state index in [2.05, 4.69) is 26.5 Å². The number of amides is 1. The minimum atomic E-state index is -0.269. The average molecular weight is 503 g/mol. The molecular weight excluding hydrogens is 480 g/mol. The predicted octanol–water partition coefficient (Wildman–Crippen LogP) is 6.34. The summed E-state index contributed by atoms with van der Waals surface area (Å²) in [5, 5.41) is 6.04. The summed E-state index contributed by atoms with van der Waals surface area (Å²) in [7, 11) is 0. The van der Waals surface area contributed by atoms with Crippen LogP contribution in [0.3, 0.4) is 0 Å². The molecule has 0 radical (unpaired) electrons. The van der Waals surface area contributed by atoms with Gasteiger partial charge < -0.3 is 9.47 Å². The van der Waals surface area contributed by atoms with Crippen LogP contribution in [0.1, 0.15) is 28.4 Å². The van der Waals surface area contributed by atoms with Crippen molar-refractivity contribution in [3.8, 4) is 11.5 Å². The minimum absolute atomic E-state index is 0.269. The van der Waals surface area contributed by atoms with E-state index < -0.39 is 0 Å². The van der Waals surface area contributed by atoms with Gasteiger partial charge in [0.1, 0.15) is 6.61 Å². The molecule has 1 amide bonds. The first-order valence-electron chi connectivity index (χ1n) is 10.6. The second-order valence-corrected chi connectivity index (χ2v) is 8.12. The van der Waals surface area contributed by atoms with E-state index >= 15 is 0 Å². The lowest BCUT2D eigenvalue weighted by Gasteiger charge is -2.14. The highest BCUT2D eigenvalue weighted by Crippen LogP contribution is 2.37. The highest BCUT2D eigenvalue weighted by atomic mass is 79.9. The molecule has 0 aliphatic carbocycles. The van der Waals surface area contributed by atoms with Crippen molar-refractivity contribution < 1.29 is 14.3 Å². The summed E-state index contributed by atoms with van der Waals surface area (Å²) in [4.78, 5) is 12.7. The fourth-order valence-electron chi connectivity index (χ4n) is 3.44. The van der Waals surface area contributed by atoms with Crippen LogP contribution in [0.2, 0.25) is 0 Å². The van der Waals surface area contributed by atoms with Gasteiger partial charge in [-0.2, -0.15) is 5.10 Å². The molecule has 0 spiro atoms. The summed E-state index contributed by atoms with van der Waals surface area (Å²) in [6, 6.07) is 27.0. The fraction of sp³-hybridized carbons (Fsp3) is 0.111. The Balaban J connectivity index is 1.49. The quantitative estimate of drug-likeness (QED) is 0.225. The highest BCUT2D eigenvalue weighted by molar-refractivity contribution is 9.10. The number of hydrogen-bond donors (Lipinski definition) is 1. The molecule has 0 atom stereocenters. The Bertz CT molecular complexity index is 1280. The van der Waals surface area contributed by atoms with Crippen LogP contribution in [0.25, 0.3) is 10.8 Å². The van der Waals surface area contributed by atoms with E-state index in [1.165, 1.54) is 0 Å². The second-order valence-electron chi connectivity index (χ2n) is 7.26. The summed E-state index contributed by atoms with van der Waals surface area (Å²) in [5.74, 6) is 0.956. The van der Waals surface area contributed by atoms with Gasteiger partial charge in [0, 0.05) is 5.56 Å². The molecule has 6 heteroatoms. The number of nitrogens with one attached hydrogen (secondary N) is 1. The molecule has 0 unspecified atom stereocenters. The molecule has 4 rings (SSSR count). The first kappa shape index (κ1) is 22.6. The van der Waals surface area contributed by atoms with Crippen LogP contribution < -0.4 is 14.9 Å². The molecule has 0 heterocycles. The molecule has 4 aromatic rings. The summed E-state index contributed by atoms with van der Waals surface area (Å²) in [5.41, 5.74) is 5.01. The van der Waals surface area contributed by atoms with E-state index in [9.17, 15) is 4.79 Å². The standard InChI is InChI=1S/C27H23BrN2O3/c1-2-32-25-16-20(15-24(28)26(25)33-18-19-9-4-3-5-10-19)17-29-30-27(31)23-14-8-12-21-11-6-7-13-22(21)23/h3-17H,2,18H2,1H3,(H,30,31)/b29-17-. The fourth-order valence-corrected chi connectivity index (χ4v) is 4.02. The molecule has 33 heavy (non-hydrogen) atoms. The topological polar surface area (TPSA) is 59.9 Å². The summed E-state index contributed by atoms with van der Waals surface area (Å²) >= 11 is 3.57. The molecule has 0 saturated heterocycles. The van der Waals surface area contributed by atoms with Crippen molar-refractivity contribution in [3.63, 3.8) is 0 Å². The van der Waals surface area contributed by atoms with Gasteiger partial charge in [-0.25, -0.2) is 5.43 Å². The third-order valence-electron chi connectivity index (χ3n) is 4.97. The molecule has 0 bridgehead atoms. The van der Waals surface area contributed by atoms with Gasteiger partial charge in [-0.15, -0.1) is 0 Å². The first-order chi connectivity index (χ1) is 16.2. The molecule has 0 fully saturated rings. The molecule has 0 aromatic heterocycles. The predicted molar refractivity (Wildman–Crippen MR) is 135 cm³/mol. The lowest BCUT2D eigenvalue weighted by Crippen LogP contribution is -2.17. The van der Waals surface area contributed by atoms with Crippen LogP contribution in [-0.4, -0.2) is 18.7 Å². The van der Waals surface area contributed by atoms with Crippen LogP contribution >= 0.6 is 15.9 Å². The largest absolute Gasteiger partial charge is 0.490 e. The van der Waals surface area contributed by atoms with Gasteiger partial charge in [-0.05, 0) is 63.0 Å². The van der Waals surface area contributed by atoms with Crippen LogP contribution in [0.4, 0.5) is 0 Å². The van der Waals surface area contributed by atoms with Gasteiger partial charge in [-0.1, -0.05) is 66.7 Å². The van der Waals surface area contributed by atoms with Crippen molar-refractivity contribution in [2.45, 2.75) is 13.5 Å². The van der Waals surface area contributed by atoms with Crippen LogP contribution in [0.5, 0.6) is 11.5 Å². The molecule has 1 N–H and O–H groups in total. The number of ether oxygens (including phenoxy) is 2. The molecule has 0 aliphatic heterocycles. The number of carbonyl (C=O) groups is 1. The number of halogens is 1. The van der Waals surface area contributed by atoms with E-state index in [1.807, 2.05) is 85.8 Å². The van der Waals surface area contributed by atoms with E-state index in [0.29, 0.717) is 30.3 Å². The normalized spacial score (nSPS) is 11.0. The zero-order chi connectivity index (χ0) is 23.0. The maximum absolute atomic E-state index is 12.7. The van der Waals surface area contributed by atoms with Crippen molar-refractivity contribution in [2.75, 3.05) is 6.61 Å². The van der Waals surface area contributed by atoms with Gasteiger partial charge in [0.2, 0.25) is 0 Å². The Morgan fingerprint density at radius 2 is 1.73 bits per heavy atom. The van der Waals surface area contributed by atoms with Gasteiger partial charge in [0.05, 0.1) is 17.3 Å². The van der Waals surface area contributed by atoms with Crippen molar-refractivity contribution in [1.29, 1.82) is 0 Å². The highest BCUT2D eigenvalue weighted by Gasteiger charge is 2.13. The molecule has 5 nitrogen and oxygen atoms in total. The third-order valence-corrected chi connectivity index (χ3v) is 5.56. The average Bonchev–Trinajstić information content (AvgIpc) is 2.84. The number of hydrazone groups is 1. The number of nitrogens with zero attached hydrogens (tertiary/aromatic N) is 1. The Hall–Kier alpha value is -3.64. The number of benzene rings is 4. The van der Waals surface area contributed by atoms with Gasteiger partial charge in [-0.3, -0.25) is 4.79 Å². The zero-order valence-electron chi connectivity index (χ0n) is 18.1. The van der Waals surface area contributed by atoms with Crippen LogP contribution in [-0.2, 0) is 6.61 Å². The minimum Gasteiger partial charge on any atom is -0.490 e. The number of rotatable bonds is 8. The Kier molecular flexibility index (Phi) is 7.37. The number of hydrogen-bond acceptors (Lipinski definition) is 4. The molecule has 0 aliphatic rings. The molecule has 0 saturated carbocycles. The molecule has 166 valence electrons. The maximum atomic E-state index is 12.7. The Morgan fingerprint density at radius 1 is 0.970 bits per heavy atom. The van der Waals surface area contributed by atoms with Crippen LogP contribution in [0, 0.1) is 0 Å². The Morgan fingerprint density at radius 3 is 2.55 bits per heavy atom. The van der Waals surface area contributed by atoms with Crippen molar-refractivity contribution in [2.24, 2.45) is 5.10 Å². The third kappa shape index (κ3) is 5.59.